The number of H-pyrrole nitrogens is 1. The summed E-state index contributed by atoms with van der Waals surface area (Å²) in [7, 11) is 0. The first kappa shape index (κ1) is 6.92. The second kappa shape index (κ2) is 2.38. The molecule has 1 aromatic rings. The maximum Gasteiger partial charge on any atom is 0.0159 e. The molecule has 2 rings (SSSR count). The summed E-state index contributed by atoms with van der Waals surface area (Å²) >= 11 is 0. The average molecular weight is 150 g/mol. The van der Waals surface area contributed by atoms with Gasteiger partial charge < -0.3 is 10.7 Å². The van der Waals surface area contributed by atoms with E-state index in [1.807, 2.05) is 12.3 Å². The van der Waals surface area contributed by atoms with Gasteiger partial charge in [-0.25, -0.2) is 0 Å². The molecule has 0 unspecified atom stereocenters. The molecule has 1 aromatic heterocycles. The molecule has 2 heteroatoms. The van der Waals surface area contributed by atoms with Crippen LogP contribution in [-0.2, 0) is 6.42 Å². The third-order valence-electron chi connectivity index (χ3n) is 2.45. The van der Waals surface area contributed by atoms with Gasteiger partial charge in [-0.05, 0) is 37.8 Å². The molecule has 0 spiro atoms. The van der Waals surface area contributed by atoms with Crippen LogP contribution in [0.25, 0.3) is 0 Å². The first-order valence-corrected chi connectivity index (χ1v) is 4.20. The van der Waals surface area contributed by atoms with Crippen molar-refractivity contribution in [1.82, 2.24) is 4.98 Å². The third kappa shape index (κ3) is 1.63. The molecule has 0 bridgehead atoms. The smallest absolute Gasteiger partial charge is 0.0159 e. The molecule has 0 aromatic carbocycles. The fraction of sp³-hybridized carbons (Fsp3) is 0.556. The predicted molar refractivity (Wildman–Crippen MR) is 45.3 cm³/mol. The normalized spacial score (nSPS) is 20.1. The monoisotopic (exact) mass is 150 g/mol. The van der Waals surface area contributed by atoms with Crippen LogP contribution in [0.4, 0.5) is 0 Å². The zero-order chi connectivity index (χ0) is 7.73. The number of rotatable bonds is 3. The van der Waals surface area contributed by atoms with Crippen LogP contribution in [0.5, 0.6) is 0 Å². The van der Waals surface area contributed by atoms with E-state index >= 15 is 0 Å². The van der Waals surface area contributed by atoms with Crippen molar-refractivity contribution in [1.29, 1.82) is 0 Å². The Labute approximate surface area is 66.8 Å². The van der Waals surface area contributed by atoms with Crippen LogP contribution in [0.2, 0.25) is 0 Å². The van der Waals surface area contributed by atoms with Gasteiger partial charge in [-0.1, -0.05) is 0 Å². The van der Waals surface area contributed by atoms with Crippen LogP contribution >= 0.6 is 0 Å². The summed E-state index contributed by atoms with van der Waals surface area (Å²) in [6, 6.07) is 4.15. The van der Waals surface area contributed by atoms with Gasteiger partial charge in [-0.2, -0.15) is 0 Å². The Morgan fingerprint density at radius 3 is 2.91 bits per heavy atom. The van der Waals surface area contributed by atoms with Gasteiger partial charge >= 0.3 is 0 Å². The van der Waals surface area contributed by atoms with Gasteiger partial charge in [0.15, 0.2) is 0 Å². The van der Waals surface area contributed by atoms with Crippen molar-refractivity contribution in [3.8, 4) is 0 Å². The maximum atomic E-state index is 5.95. The van der Waals surface area contributed by atoms with Crippen LogP contribution in [0, 0.1) is 0 Å². The quantitative estimate of drug-likeness (QED) is 0.672. The van der Waals surface area contributed by atoms with E-state index in [2.05, 4.69) is 11.1 Å². The Kier molecular flexibility index (Phi) is 1.50. The molecule has 0 radical (unpaired) electrons. The molecule has 1 aliphatic carbocycles. The number of aryl methyl sites for hydroxylation is 1. The molecule has 1 fully saturated rings. The first-order chi connectivity index (χ1) is 5.29. The highest BCUT2D eigenvalue weighted by atomic mass is 14.8. The fourth-order valence-electron chi connectivity index (χ4n) is 1.32. The summed E-state index contributed by atoms with van der Waals surface area (Å²) in [6.45, 7) is 0. The summed E-state index contributed by atoms with van der Waals surface area (Å²) in [5, 5.41) is 0. The van der Waals surface area contributed by atoms with Gasteiger partial charge in [0.05, 0.1) is 0 Å². The number of hydrogen-bond donors (Lipinski definition) is 2. The minimum atomic E-state index is 0.200. The number of nitrogens with two attached hydrogens (primary N) is 1. The number of aromatic nitrogens is 1. The Balaban J connectivity index is 1.83. The van der Waals surface area contributed by atoms with Crippen molar-refractivity contribution < 1.29 is 0 Å². The van der Waals surface area contributed by atoms with Gasteiger partial charge in [0.1, 0.15) is 0 Å². The molecular formula is C9H14N2. The largest absolute Gasteiger partial charge is 0.365 e. The lowest BCUT2D eigenvalue weighted by molar-refractivity contribution is 0.604. The molecule has 0 aliphatic heterocycles. The van der Waals surface area contributed by atoms with Gasteiger partial charge in [0.2, 0.25) is 0 Å². The first-order valence-electron chi connectivity index (χ1n) is 4.20. The van der Waals surface area contributed by atoms with E-state index in [0.717, 1.165) is 12.8 Å². The van der Waals surface area contributed by atoms with E-state index in [0.29, 0.717) is 0 Å². The van der Waals surface area contributed by atoms with E-state index in [-0.39, 0.29) is 5.54 Å². The molecular weight excluding hydrogens is 136 g/mol. The van der Waals surface area contributed by atoms with Gasteiger partial charge in [-0.15, -0.1) is 0 Å². The molecule has 0 atom stereocenters. The zero-order valence-electron chi connectivity index (χ0n) is 6.64. The molecule has 1 aliphatic rings. The molecule has 11 heavy (non-hydrogen) atoms. The molecule has 0 amide bonds. The van der Waals surface area contributed by atoms with Crippen molar-refractivity contribution >= 4 is 0 Å². The van der Waals surface area contributed by atoms with Gasteiger partial charge in [0.25, 0.3) is 0 Å². The van der Waals surface area contributed by atoms with Crippen molar-refractivity contribution in [2.75, 3.05) is 0 Å². The van der Waals surface area contributed by atoms with E-state index < -0.39 is 0 Å². The highest BCUT2D eigenvalue weighted by molar-refractivity contribution is 5.07. The topological polar surface area (TPSA) is 41.8 Å². The number of aromatic amines is 1. The van der Waals surface area contributed by atoms with Crippen molar-refractivity contribution in [2.24, 2.45) is 5.73 Å². The third-order valence-corrected chi connectivity index (χ3v) is 2.45. The summed E-state index contributed by atoms with van der Waals surface area (Å²) < 4.78 is 0. The molecule has 2 nitrogen and oxygen atoms in total. The summed E-state index contributed by atoms with van der Waals surface area (Å²) in [5.74, 6) is 0. The van der Waals surface area contributed by atoms with Crippen LogP contribution in [0.3, 0.4) is 0 Å². The highest BCUT2D eigenvalue weighted by Gasteiger charge is 2.37. The number of nitrogens with one attached hydrogen (secondary N) is 1. The molecule has 0 saturated heterocycles. The minimum absolute atomic E-state index is 0.200. The minimum Gasteiger partial charge on any atom is -0.365 e. The second-order valence-corrected chi connectivity index (χ2v) is 3.56. The van der Waals surface area contributed by atoms with Gasteiger partial charge in [0, 0.05) is 17.4 Å². The van der Waals surface area contributed by atoms with Crippen LogP contribution < -0.4 is 5.73 Å². The summed E-state index contributed by atoms with van der Waals surface area (Å²) in [5.41, 5.74) is 7.46. The van der Waals surface area contributed by atoms with Crippen LogP contribution in [-0.4, -0.2) is 10.5 Å². The Morgan fingerprint density at radius 2 is 2.36 bits per heavy atom. The second-order valence-electron chi connectivity index (χ2n) is 3.56. The Bertz CT molecular complexity index is 222. The highest BCUT2D eigenvalue weighted by Crippen LogP contribution is 2.36. The molecule has 3 N–H and O–H groups in total. The van der Waals surface area contributed by atoms with Gasteiger partial charge in [-0.3, -0.25) is 0 Å². The molecule has 1 heterocycles. The fourth-order valence-corrected chi connectivity index (χ4v) is 1.32. The molecule has 1 saturated carbocycles. The van der Waals surface area contributed by atoms with Crippen molar-refractivity contribution in [3.05, 3.63) is 24.0 Å². The van der Waals surface area contributed by atoms with Crippen LogP contribution in [0.15, 0.2) is 18.3 Å². The lowest BCUT2D eigenvalue weighted by Crippen LogP contribution is -2.22. The predicted octanol–water partition coefficient (Wildman–Crippen LogP) is 1.44. The lowest BCUT2D eigenvalue weighted by atomic mass is 10.1. The Morgan fingerprint density at radius 1 is 1.55 bits per heavy atom. The average Bonchev–Trinajstić information content (AvgIpc) is 2.53. The number of hydrogen-bond acceptors (Lipinski definition) is 1. The van der Waals surface area contributed by atoms with Crippen molar-refractivity contribution in [3.63, 3.8) is 0 Å². The molecule has 60 valence electrons. The Hall–Kier alpha value is -0.760. The van der Waals surface area contributed by atoms with Crippen LogP contribution in [0.1, 0.15) is 25.0 Å². The standard InChI is InChI=1S/C9H14N2/c10-9(5-6-9)4-3-8-2-1-7-11-8/h1-2,7,11H,3-6,10H2. The summed E-state index contributed by atoms with van der Waals surface area (Å²) in [6.07, 6.45) is 6.63. The van der Waals surface area contributed by atoms with E-state index in [1.54, 1.807) is 0 Å². The maximum absolute atomic E-state index is 5.95. The zero-order valence-corrected chi connectivity index (χ0v) is 6.64. The lowest BCUT2D eigenvalue weighted by Gasteiger charge is -2.05. The van der Waals surface area contributed by atoms with E-state index in [1.165, 1.54) is 18.5 Å². The van der Waals surface area contributed by atoms with E-state index in [4.69, 9.17) is 5.73 Å². The van der Waals surface area contributed by atoms with Crippen molar-refractivity contribution in [2.45, 2.75) is 31.2 Å². The SMILES string of the molecule is NC1(CCc2ccc[nH]2)CC1. The van der Waals surface area contributed by atoms with E-state index in [9.17, 15) is 0 Å². The summed E-state index contributed by atoms with van der Waals surface area (Å²) in [4.78, 5) is 3.18.